The lowest BCUT2D eigenvalue weighted by atomic mass is 9.81. The van der Waals surface area contributed by atoms with Crippen LogP contribution in [0.3, 0.4) is 0 Å². The number of hydrogen-bond acceptors (Lipinski definition) is 3. The third kappa shape index (κ3) is 6.15. The SMILES string of the molecule is CCC(CCCC(C(=O)Nc1ccncc1)C1CCCCCC1)n1cc(-c2ccccc2)c2cccnc21. The van der Waals surface area contributed by atoms with Crippen LogP contribution in [0.1, 0.15) is 77.2 Å². The highest BCUT2D eigenvalue weighted by atomic mass is 16.1. The zero-order valence-electron chi connectivity index (χ0n) is 22.6. The van der Waals surface area contributed by atoms with Gasteiger partial charge in [-0.1, -0.05) is 69.4 Å². The molecule has 2 unspecified atom stereocenters. The Morgan fingerprint density at radius 3 is 2.45 bits per heavy atom. The molecule has 1 aliphatic rings. The summed E-state index contributed by atoms with van der Waals surface area (Å²) in [4.78, 5) is 22.4. The summed E-state index contributed by atoms with van der Waals surface area (Å²) >= 11 is 0. The van der Waals surface area contributed by atoms with Gasteiger partial charge in [-0.2, -0.15) is 0 Å². The van der Waals surface area contributed by atoms with E-state index in [-0.39, 0.29) is 11.8 Å². The van der Waals surface area contributed by atoms with Crippen molar-refractivity contribution in [3.05, 3.63) is 79.4 Å². The molecule has 0 spiro atoms. The van der Waals surface area contributed by atoms with Gasteiger partial charge in [0.25, 0.3) is 0 Å². The molecule has 1 saturated carbocycles. The zero-order chi connectivity index (χ0) is 26.2. The van der Waals surface area contributed by atoms with Crippen LogP contribution in [0.15, 0.2) is 79.4 Å². The normalized spacial score (nSPS) is 16.1. The van der Waals surface area contributed by atoms with Crippen LogP contribution in [0.2, 0.25) is 0 Å². The Labute approximate surface area is 226 Å². The predicted molar refractivity (Wildman–Crippen MR) is 156 cm³/mol. The second-order valence-corrected chi connectivity index (χ2v) is 10.8. The monoisotopic (exact) mass is 508 g/mol. The van der Waals surface area contributed by atoms with Crippen molar-refractivity contribution in [1.29, 1.82) is 0 Å². The van der Waals surface area contributed by atoms with E-state index in [0.29, 0.717) is 12.0 Å². The lowest BCUT2D eigenvalue weighted by Crippen LogP contribution is -2.29. The zero-order valence-corrected chi connectivity index (χ0v) is 22.6. The highest BCUT2D eigenvalue weighted by Crippen LogP contribution is 2.36. The number of carbonyl (C=O) groups excluding carboxylic acids is 1. The maximum atomic E-state index is 13.5. The van der Waals surface area contributed by atoms with E-state index in [4.69, 9.17) is 4.98 Å². The largest absolute Gasteiger partial charge is 0.329 e. The standard InChI is InChI=1S/C33H40N4O/c1-2-28(37-24-31(26-14-8-5-9-15-26)30-18-11-21-35-32(30)37)16-10-17-29(25-12-6-3-4-7-13-25)33(38)36-27-19-22-34-23-20-27/h5,8-9,11,14-15,18-25,28-29H,2-4,6-7,10,12-13,16-17H2,1H3,(H,34,36,38). The highest BCUT2D eigenvalue weighted by molar-refractivity contribution is 5.94. The number of pyridine rings is 2. The maximum Gasteiger partial charge on any atom is 0.227 e. The van der Waals surface area contributed by atoms with Gasteiger partial charge in [0, 0.05) is 53.4 Å². The summed E-state index contributed by atoms with van der Waals surface area (Å²) in [7, 11) is 0. The molecule has 5 rings (SSSR count). The van der Waals surface area contributed by atoms with E-state index in [1.165, 1.54) is 42.2 Å². The number of nitrogens with zero attached hydrogens (tertiary/aromatic N) is 3. The fraction of sp³-hybridized carbons (Fsp3) is 0.424. The lowest BCUT2D eigenvalue weighted by Gasteiger charge is -2.26. The van der Waals surface area contributed by atoms with Gasteiger partial charge < -0.3 is 9.88 Å². The second kappa shape index (κ2) is 12.9. The number of rotatable bonds is 10. The van der Waals surface area contributed by atoms with Gasteiger partial charge in [0.05, 0.1) is 0 Å². The number of nitrogens with one attached hydrogen (secondary N) is 1. The molecule has 0 saturated heterocycles. The predicted octanol–water partition coefficient (Wildman–Crippen LogP) is 8.45. The first-order valence-electron chi connectivity index (χ1n) is 14.5. The topological polar surface area (TPSA) is 59.8 Å². The number of fused-ring (bicyclic) bond motifs is 1. The minimum absolute atomic E-state index is 0.0539. The van der Waals surface area contributed by atoms with E-state index in [0.717, 1.165) is 49.9 Å². The number of amides is 1. The van der Waals surface area contributed by atoms with Gasteiger partial charge in [-0.3, -0.25) is 9.78 Å². The second-order valence-electron chi connectivity index (χ2n) is 10.8. The van der Waals surface area contributed by atoms with E-state index in [1.807, 2.05) is 24.4 Å². The van der Waals surface area contributed by atoms with Crippen molar-refractivity contribution in [2.75, 3.05) is 5.32 Å². The summed E-state index contributed by atoms with van der Waals surface area (Å²) in [6.45, 7) is 2.26. The minimum atomic E-state index is 0.0539. The van der Waals surface area contributed by atoms with Gasteiger partial charge in [0.1, 0.15) is 5.65 Å². The van der Waals surface area contributed by atoms with E-state index >= 15 is 0 Å². The van der Waals surface area contributed by atoms with Gasteiger partial charge in [0.2, 0.25) is 5.91 Å². The van der Waals surface area contributed by atoms with Gasteiger partial charge in [0.15, 0.2) is 0 Å². The molecule has 1 fully saturated rings. The fourth-order valence-electron chi connectivity index (χ4n) is 6.29. The van der Waals surface area contributed by atoms with Gasteiger partial charge in [-0.25, -0.2) is 4.98 Å². The molecule has 0 aliphatic heterocycles. The Kier molecular flexibility index (Phi) is 8.85. The molecule has 1 aromatic carbocycles. The molecular formula is C33H40N4O. The number of carbonyl (C=O) groups is 1. The number of hydrogen-bond donors (Lipinski definition) is 1. The third-order valence-corrected chi connectivity index (χ3v) is 8.35. The van der Waals surface area contributed by atoms with Crippen LogP contribution in [-0.2, 0) is 4.79 Å². The van der Waals surface area contributed by atoms with Crippen LogP contribution in [0.4, 0.5) is 5.69 Å². The first kappa shape index (κ1) is 26.1. The molecule has 1 N–H and O–H groups in total. The molecule has 198 valence electrons. The molecule has 0 radical (unpaired) electrons. The van der Waals surface area contributed by atoms with E-state index in [1.54, 1.807) is 12.4 Å². The summed E-state index contributed by atoms with van der Waals surface area (Å²) in [5.41, 5.74) is 4.35. The molecule has 5 nitrogen and oxygen atoms in total. The Hall–Kier alpha value is -3.47. The molecule has 0 bridgehead atoms. The molecule has 1 amide bonds. The Balaban J connectivity index is 1.33. The summed E-state index contributed by atoms with van der Waals surface area (Å²) in [6, 6.07) is 18.9. The number of aromatic nitrogens is 3. The van der Waals surface area contributed by atoms with Gasteiger partial charge in [-0.15, -0.1) is 0 Å². The Morgan fingerprint density at radius 1 is 0.947 bits per heavy atom. The van der Waals surface area contributed by atoms with Crippen molar-refractivity contribution < 1.29 is 4.79 Å². The van der Waals surface area contributed by atoms with E-state index < -0.39 is 0 Å². The van der Waals surface area contributed by atoms with Crippen LogP contribution in [-0.4, -0.2) is 20.4 Å². The van der Waals surface area contributed by atoms with Crippen molar-refractivity contribution in [2.24, 2.45) is 11.8 Å². The quantitative estimate of drug-likeness (QED) is 0.219. The van der Waals surface area contributed by atoms with Crippen LogP contribution in [0.25, 0.3) is 22.2 Å². The minimum Gasteiger partial charge on any atom is -0.329 e. The van der Waals surface area contributed by atoms with Crippen LogP contribution in [0.5, 0.6) is 0 Å². The molecule has 38 heavy (non-hydrogen) atoms. The van der Waals surface area contributed by atoms with Crippen molar-refractivity contribution in [3.63, 3.8) is 0 Å². The molecule has 3 aromatic heterocycles. The van der Waals surface area contributed by atoms with Crippen molar-refractivity contribution in [1.82, 2.24) is 14.5 Å². The van der Waals surface area contributed by atoms with E-state index in [2.05, 4.69) is 64.4 Å². The molecule has 1 aliphatic carbocycles. The summed E-state index contributed by atoms with van der Waals surface area (Å²) < 4.78 is 2.38. The summed E-state index contributed by atoms with van der Waals surface area (Å²) in [5, 5.41) is 4.39. The smallest absolute Gasteiger partial charge is 0.227 e. The Bertz CT molecular complexity index is 1290. The Morgan fingerprint density at radius 2 is 1.71 bits per heavy atom. The number of benzene rings is 1. The molecule has 3 heterocycles. The fourth-order valence-corrected chi connectivity index (χ4v) is 6.29. The van der Waals surface area contributed by atoms with E-state index in [9.17, 15) is 4.79 Å². The van der Waals surface area contributed by atoms with Crippen LogP contribution in [0, 0.1) is 11.8 Å². The molecule has 5 heteroatoms. The van der Waals surface area contributed by atoms with Crippen molar-refractivity contribution in [2.45, 2.75) is 77.2 Å². The first-order chi connectivity index (χ1) is 18.7. The van der Waals surface area contributed by atoms with Crippen LogP contribution >= 0.6 is 0 Å². The molecule has 2 atom stereocenters. The van der Waals surface area contributed by atoms with Crippen molar-refractivity contribution in [3.8, 4) is 11.1 Å². The summed E-state index contributed by atoms with van der Waals surface area (Å²) in [6.07, 6.45) is 19.1. The highest BCUT2D eigenvalue weighted by Gasteiger charge is 2.29. The molecular weight excluding hydrogens is 468 g/mol. The number of anilines is 1. The first-order valence-corrected chi connectivity index (χ1v) is 14.5. The van der Waals surface area contributed by atoms with Crippen LogP contribution < -0.4 is 5.32 Å². The molecule has 4 aromatic rings. The van der Waals surface area contributed by atoms with Gasteiger partial charge in [-0.05, 0) is 67.9 Å². The third-order valence-electron chi connectivity index (χ3n) is 8.35. The maximum absolute atomic E-state index is 13.5. The average molecular weight is 509 g/mol. The van der Waals surface area contributed by atoms with Crippen molar-refractivity contribution >= 4 is 22.6 Å². The summed E-state index contributed by atoms with van der Waals surface area (Å²) in [5.74, 6) is 0.701. The lowest BCUT2D eigenvalue weighted by molar-refractivity contribution is -0.122. The average Bonchev–Trinajstić information content (AvgIpc) is 3.13. The van der Waals surface area contributed by atoms with Gasteiger partial charge >= 0.3 is 0 Å².